The van der Waals surface area contributed by atoms with Crippen LogP contribution in [0.15, 0.2) is 55.9 Å². The molecule has 0 fully saturated rings. The van der Waals surface area contributed by atoms with E-state index in [1.807, 2.05) is 0 Å². The Bertz CT molecular complexity index is 1400. The number of carbonyl (C=O) groups excluding carboxylic acids is 1. The molecule has 0 spiro atoms. The number of amides is 1. The Morgan fingerprint density at radius 1 is 1.35 bits per heavy atom. The molecule has 0 saturated heterocycles. The van der Waals surface area contributed by atoms with Gasteiger partial charge in [-0.1, -0.05) is 32.4 Å². The number of halogens is 3. The Morgan fingerprint density at radius 2 is 2.03 bits per heavy atom. The fourth-order valence-corrected chi connectivity index (χ4v) is 5.81. The van der Waals surface area contributed by atoms with Crippen LogP contribution in [0.25, 0.3) is 0 Å². The molecule has 2 aromatic rings. The van der Waals surface area contributed by atoms with E-state index in [0.717, 1.165) is 23.8 Å². The van der Waals surface area contributed by atoms with E-state index in [0.29, 0.717) is 0 Å². The van der Waals surface area contributed by atoms with E-state index in [1.54, 1.807) is 33.8 Å². The quantitative estimate of drug-likeness (QED) is 0.414. The molecule has 0 saturated carbocycles. The number of benzene rings is 1. The summed E-state index contributed by atoms with van der Waals surface area (Å²) < 4.78 is 79.9. The van der Waals surface area contributed by atoms with Crippen LogP contribution in [0.4, 0.5) is 13.2 Å². The fraction of sp³-hybridized carbons (Fsp3) is 0.435. The average Bonchev–Trinajstić information content (AvgIpc) is 3.27. The number of nitrogens with two attached hydrogens (primary N) is 1. The SMILES string of the molecule is CC1=CC=C(F)C(C)([C@@H](C)[C@H](NS(=O)(=O)c2cc(OCC(F)F)ccc2C(N)=O)c2n[nH]c(=O)o2)C1C. The summed E-state index contributed by atoms with van der Waals surface area (Å²) in [6.45, 7) is 5.72. The highest BCUT2D eigenvalue weighted by Crippen LogP contribution is 2.52. The second kappa shape index (κ2) is 10.5. The van der Waals surface area contributed by atoms with Gasteiger partial charge in [0.2, 0.25) is 21.8 Å². The van der Waals surface area contributed by atoms with E-state index in [2.05, 4.69) is 14.9 Å². The number of rotatable bonds is 10. The van der Waals surface area contributed by atoms with Crippen LogP contribution in [-0.4, -0.2) is 37.6 Å². The third-order valence-corrected chi connectivity index (χ3v) is 8.40. The number of nitrogens with zero attached hydrogens (tertiary/aromatic N) is 1. The molecule has 1 aliphatic rings. The van der Waals surface area contributed by atoms with E-state index in [-0.39, 0.29) is 11.6 Å². The summed E-state index contributed by atoms with van der Waals surface area (Å²) in [5.74, 6) is -4.54. The summed E-state index contributed by atoms with van der Waals surface area (Å²) >= 11 is 0. The molecule has 37 heavy (non-hydrogen) atoms. The normalized spacial score (nSPS) is 21.8. The number of sulfonamides is 1. The van der Waals surface area contributed by atoms with Gasteiger partial charge in [0.05, 0.1) is 10.5 Å². The zero-order chi connectivity index (χ0) is 27.7. The van der Waals surface area contributed by atoms with Gasteiger partial charge in [-0.15, -0.1) is 5.10 Å². The smallest absolute Gasteiger partial charge is 0.434 e. The first kappa shape index (κ1) is 28.2. The van der Waals surface area contributed by atoms with Crippen molar-refractivity contribution < 1.29 is 35.5 Å². The van der Waals surface area contributed by atoms with Crippen molar-refractivity contribution in [3.05, 3.63) is 63.8 Å². The number of primary amides is 1. The van der Waals surface area contributed by atoms with E-state index in [4.69, 9.17) is 14.9 Å². The first-order valence-corrected chi connectivity index (χ1v) is 12.6. The van der Waals surface area contributed by atoms with Crippen LogP contribution in [0, 0.1) is 17.3 Å². The number of alkyl halides is 2. The minimum Gasteiger partial charge on any atom is -0.488 e. The van der Waals surface area contributed by atoms with Crippen molar-refractivity contribution in [2.24, 2.45) is 23.0 Å². The van der Waals surface area contributed by atoms with Gasteiger partial charge in [-0.3, -0.25) is 4.79 Å². The number of hydrogen-bond donors (Lipinski definition) is 3. The molecule has 1 aromatic heterocycles. The fourth-order valence-electron chi connectivity index (χ4n) is 4.32. The molecule has 1 amide bonds. The van der Waals surface area contributed by atoms with Crippen LogP contribution in [0.5, 0.6) is 5.75 Å². The minimum absolute atomic E-state index is 0.260. The van der Waals surface area contributed by atoms with Crippen LogP contribution in [0.3, 0.4) is 0 Å². The molecule has 2 unspecified atom stereocenters. The Kier molecular flexibility index (Phi) is 8.03. The van der Waals surface area contributed by atoms with Crippen LogP contribution >= 0.6 is 0 Å². The zero-order valence-corrected chi connectivity index (χ0v) is 21.2. The van der Waals surface area contributed by atoms with Crippen molar-refractivity contribution in [2.75, 3.05) is 6.61 Å². The lowest BCUT2D eigenvalue weighted by molar-refractivity contribution is 0.0817. The van der Waals surface area contributed by atoms with Gasteiger partial charge in [-0.05, 0) is 37.0 Å². The van der Waals surface area contributed by atoms with Crippen LogP contribution in [-0.2, 0) is 10.0 Å². The molecule has 4 atom stereocenters. The van der Waals surface area contributed by atoms with Crippen molar-refractivity contribution in [1.82, 2.24) is 14.9 Å². The highest BCUT2D eigenvalue weighted by Gasteiger charge is 2.48. The van der Waals surface area contributed by atoms with E-state index in [1.165, 1.54) is 6.08 Å². The van der Waals surface area contributed by atoms with E-state index >= 15 is 4.39 Å². The van der Waals surface area contributed by atoms with Crippen LogP contribution in [0.2, 0.25) is 0 Å². The number of carbonyl (C=O) groups is 1. The molecule has 1 heterocycles. The molecule has 0 aliphatic heterocycles. The third-order valence-electron chi connectivity index (χ3n) is 6.92. The van der Waals surface area contributed by atoms with Gasteiger partial charge < -0.3 is 14.9 Å². The van der Waals surface area contributed by atoms with Crippen molar-refractivity contribution in [2.45, 2.75) is 45.1 Å². The third kappa shape index (κ3) is 5.64. The maximum Gasteiger partial charge on any atom is 0.434 e. The Balaban J connectivity index is 2.11. The number of aromatic nitrogens is 2. The molecular weight excluding hydrogens is 517 g/mol. The lowest BCUT2D eigenvalue weighted by Gasteiger charge is -2.44. The molecule has 4 N–H and O–H groups in total. The Morgan fingerprint density at radius 3 is 2.59 bits per heavy atom. The standard InChI is InChI=1S/C23H27F3N4O6S/c1-11-5-8-17(24)23(4,12(11)2)13(3)19(21-28-29-22(32)36-21)30-37(33,34)16-9-14(35-10-18(25)26)6-7-15(16)20(27)31/h5-9,12-13,18-19,30H,10H2,1-4H3,(H2,27,31)(H,29,32)/t12?,13-,19-,23?/m0/s1. The Hall–Kier alpha value is -3.39. The molecule has 0 radical (unpaired) electrons. The molecule has 1 aliphatic carbocycles. The largest absolute Gasteiger partial charge is 0.488 e. The van der Waals surface area contributed by atoms with E-state index in [9.17, 15) is 26.8 Å². The number of nitrogens with one attached hydrogen (secondary N) is 2. The van der Waals surface area contributed by atoms with Crippen molar-refractivity contribution in [1.29, 1.82) is 0 Å². The predicted molar refractivity (Wildman–Crippen MR) is 126 cm³/mol. The van der Waals surface area contributed by atoms with Gasteiger partial charge in [0.1, 0.15) is 24.2 Å². The summed E-state index contributed by atoms with van der Waals surface area (Å²) in [5.41, 5.74) is 4.46. The topological polar surface area (TPSA) is 157 Å². The summed E-state index contributed by atoms with van der Waals surface area (Å²) in [6, 6.07) is 1.60. The number of H-pyrrole nitrogens is 1. The first-order chi connectivity index (χ1) is 17.2. The predicted octanol–water partition coefficient (Wildman–Crippen LogP) is 3.22. The minimum atomic E-state index is -4.68. The zero-order valence-electron chi connectivity index (χ0n) is 20.4. The number of ether oxygens (including phenoxy) is 1. The summed E-state index contributed by atoms with van der Waals surface area (Å²) in [4.78, 5) is 23.0. The van der Waals surface area contributed by atoms with E-state index < -0.39 is 74.3 Å². The second-order valence-corrected chi connectivity index (χ2v) is 10.7. The summed E-state index contributed by atoms with van der Waals surface area (Å²) in [7, 11) is -4.68. The van der Waals surface area contributed by atoms with Gasteiger partial charge in [0.25, 0.3) is 6.43 Å². The Labute approximate surface area is 210 Å². The van der Waals surface area contributed by atoms with Gasteiger partial charge in [-0.2, -0.15) is 4.72 Å². The average molecular weight is 545 g/mol. The lowest BCUT2D eigenvalue weighted by atomic mass is 9.62. The second-order valence-electron chi connectivity index (χ2n) is 8.99. The van der Waals surface area contributed by atoms with Gasteiger partial charge in [-0.25, -0.2) is 31.5 Å². The highest BCUT2D eigenvalue weighted by molar-refractivity contribution is 7.89. The monoisotopic (exact) mass is 544 g/mol. The molecule has 3 rings (SSSR count). The number of allylic oxidation sites excluding steroid dienone is 4. The molecule has 202 valence electrons. The molecule has 0 bridgehead atoms. The summed E-state index contributed by atoms with van der Waals surface area (Å²) in [6.07, 6.45) is 0.0694. The van der Waals surface area contributed by atoms with Crippen LogP contribution in [0.1, 0.15) is 50.0 Å². The maximum absolute atomic E-state index is 15.3. The lowest BCUT2D eigenvalue weighted by Crippen LogP contribution is -2.44. The van der Waals surface area contributed by atoms with Crippen molar-refractivity contribution >= 4 is 15.9 Å². The van der Waals surface area contributed by atoms with Gasteiger partial charge in [0, 0.05) is 11.5 Å². The maximum atomic E-state index is 15.3. The number of aromatic amines is 1. The molecule has 14 heteroatoms. The summed E-state index contributed by atoms with van der Waals surface area (Å²) in [5, 5.41) is 5.80. The molecule has 10 nitrogen and oxygen atoms in total. The highest BCUT2D eigenvalue weighted by atomic mass is 32.2. The van der Waals surface area contributed by atoms with Gasteiger partial charge in [0.15, 0.2) is 0 Å². The van der Waals surface area contributed by atoms with Crippen molar-refractivity contribution in [3.8, 4) is 5.75 Å². The molecule has 1 aromatic carbocycles. The van der Waals surface area contributed by atoms with Gasteiger partial charge >= 0.3 is 5.76 Å². The first-order valence-electron chi connectivity index (χ1n) is 11.2. The molecular formula is C23H27F3N4O6S. The van der Waals surface area contributed by atoms with Crippen LogP contribution < -0.4 is 20.9 Å². The number of hydrogen-bond acceptors (Lipinski definition) is 7. The van der Waals surface area contributed by atoms with Crippen molar-refractivity contribution in [3.63, 3.8) is 0 Å².